The summed E-state index contributed by atoms with van der Waals surface area (Å²) >= 11 is 3.55. The van der Waals surface area contributed by atoms with Crippen molar-refractivity contribution >= 4 is 32.9 Å². The first-order valence-corrected chi connectivity index (χ1v) is 7.67. The summed E-state index contributed by atoms with van der Waals surface area (Å²) in [5.41, 5.74) is 8.34. The van der Waals surface area contributed by atoms with E-state index in [-0.39, 0.29) is 0 Å². The molecule has 2 bridgehead atoms. The van der Waals surface area contributed by atoms with Crippen LogP contribution in [0.4, 0.5) is 5.95 Å². The Bertz CT molecular complexity index is 628. The summed E-state index contributed by atoms with van der Waals surface area (Å²) in [5.74, 6) is 1.41. The number of halogens is 1. The summed E-state index contributed by atoms with van der Waals surface area (Å²) in [6.45, 7) is 3.61. The quantitative estimate of drug-likeness (QED) is 0.878. The Hall–Kier alpha value is -1.07. The van der Waals surface area contributed by atoms with Crippen LogP contribution in [0.1, 0.15) is 18.9 Å². The third-order valence-corrected chi connectivity index (χ3v) is 5.13. The van der Waals surface area contributed by atoms with Crippen LogP contribution < -0.4 is 5.73 Å². The second kappa shape index (κ2) is 4.21. The minimum Gasteiger partial charge on any atom is -0.369 e. The van der Waals surface area contributed by atoms with Gasteiger partial charge in [0.2, 0.25) is 5.95 Å². The van der Waals surface area contributed by atoms with Crippen molar-refractivity contribution in [1.29, 1.82) is 0 Å². The van der Waals surface area contributed by atoms with Crippen molar-refractivity contribution in [2.75, 3.05) is 25.4 Å². The highest BCUT2D eigenvalue weighted by atomic mass is 79.9. The molecule has 5 heteroatoms. The standard InChI is InChI=1S/C14H17BrN4/c15-10-1-2-11-12(7-10)19(14(16)17-11)13-8-18-5-3-9(13)4-6-18/h1-2,7,9,13H,3-6,8H2,(H2,16,17). The molecule has 3 aliphatic rings. The van der Waals surface area contributed by atoms with E-state index >= 15 is 0 Å². The molecule has 1 atom stereocenters. The van der Waals surface area contributed by atoms with Crippen LogP contribution in [0.5, 0.6) is 0 Å². The highest BCUT2D eigenvalue weighted by molar-refractivity contribution is 9.10. The predicted molar refractivity (Wildman–Crippen MR) is 80.0 cm³/mol. The van der Waals surface area contributed by atoms with Crippen LogP contribution in [0.25, 0.3) is 11.0 Å². The maximum absolute atomic E-state index is 6.18. The molecule has 100 valence electrons. The fourth-order valence-electron chi connectivity index (χ4n) is 3.66. The summed E-state index contributed by atoms with van der Waals surface area (Å²) in [5, 5.41) is 0. The Labute approximate surface area is 120 Å². The number of nitrogens with two attached hydrogens (primary N) is 1. The van der Waals surface area contributed by atoms with Gasteiger partial charge < -0.3 is 15.2 Å². The molecule has 3 aliphatic heterocycles. The molecular formula is C14H17BrN4. The second-order valence-electron chi connectivity index (χ2n) is 5.68. The number of aromatic nitrogens is 2. The van der Waals surface area contributed by atoms with Gasteiger partial charge in [0, 0.05) is 11.0 Å². The van der Waals surface area contributed by atoms with E-state index in [4.69, 9.17) is 5.73 Å². The van der Waals surface area contributed by atoms with E-state index in [2.05, 4.69) is 36.4 Å². The Morgan fingerprint density at radius 3 is 2.74 bits per heavy atom. The SMILES string of the molecule is Nc1nc2ccc(Br)cc2n1C1CN2CCC1CC2. The Morgan fingerprint density at radius 2 is 2.05 bits per heavy atom. The number of piperidine rings is 3. The first-order chi connectivity index (χ1) is 9.22. The van der Waals surface area contributed by atoms with E-state index < -0.39 is 0 Å². The lowest BCUT2D eigenvalue weighted by Crippen LogP contribution is -2.48. The van der Waals surface area contributed by atoms with Gasteiger partial charge in [-0.15, -0.1) is 0 Å². The van der Waals surface area contributed by atoms with Gasteiger partial charge in [-0.25, -0.2) is 4.98 Å². The topological polar surface area (TPSA) is 47.1 Å². The van der Waals surface area contributed by atoms with Gasteiger partial charge >= 0.3 is 0 Å². The first-order valence-electron chi connectivity index (χ1n) is 6.88. The van der Waals surface area contributed by atoms with Gasteiger partial charge in [0.05, 0.1) is 17.1 Å². The van der Waals surface area contributed by atoms with Gasteiger partial charge in [0.15, 0.2) is 0 Å². The van der Waals surface area contributed by atoms with E-state index in [9.17, 15) is 0 Å². The fraction of sp³-hybridized carbons (Fsp3) is 0.500. The summed E-state index contributed by atoms with van der Waals surface area (Å²) < 4.78 is 3.35. The number of benzene rings is 1. The van der Waals surface area contributed by atoms with E-state index in [0.29, 0.717) is 12.0 Å². The average molecular weight is 321 g/mol. The van der Waals surface area contributed by atoms with Crippen molar-refractivity contribution < 1.29 is 0 Å². The van der Waals surface area contributed by atoms with Crippen molar-refractivity contribution in [3.63, 3.8) is 0 Å². The van der Waals surface area contributed by atoms with Gasteiger partial charge in [-0.05, 0) is 50.0 Å². The third-order valence-electron chi connectivity index (χ3n) is 4.63. The van der Waals surface area contributed by atoms with Crippen molar-refractivity contribution in [3.05, 3.63) is 22.7 Å². The van der Waals surface area contributed by atoms with Gasteiger partial charge in [-0.3, -0.25) is 0 Å². The molecule has 0 amide bonds. The highest BCUT2D eigenvalue weighted by Gasteiger charge is 2.36. The minimum atomic E-state index is 0.488. The van der Waals surface area contributed by atoms with E-state index in [1.165, 1.54) is 25.9 Å². The van der Waals surface area contributed by atoms with Crippen LogP contribution in [-0.4, -0.2) is 34.1 Å². The molecule has 2 N–H and O–H groups in total. The monoisotopic (exact) mass is 320 g/mol. The zero-order valence-electron chi connectivity index (χ0n) is 10.7. The predicted octanol–water partition coefficient (Wildman–Crippen LogP) is 2.65. The number of nitrogens with zero attached hydrogens (tertiary/aromatic N) is 3. The van der Waals surface area contributed by atoms with Crippen LogP contribution in [0.2, 0.25) is 0 Å². The van der Waals surface area contributed by atoms with E-state index in [1.54, 1.807) is 0 Å². The van der Waals surface area contributed by atoms with Crippen LogP contribution in [0.15, 0.2) is 22.7 Å². The van der Waals surface area contributed by atoms with Crippen molar-refractivity contribution in [2.24, 2.45) is 5.92 Å². The van der Waals surface area contributed by atoms with Crippen LogP contribution in [0, 0.1) is 5.92 Å². The van der Waals surface area contributed by atoms with Gasteiger partial charge in [0.25, 0.3) is 0 Å². The number of rotatable bonds is 1. The normalized spacial score (nSPS) is 30.1. The number of anilines is 1. The lowest BCUT2D eigenvalue weighted by Gasteiger charge is -2.45. The molecule has 1 unspecified atom stereocenters. The molecule has 5 rings (SSSR count). The molecule has 4 heterocycles. The third kappa shape index (κ3) is 1.79. The second-order valence-corrected chi connectivity index (χ2v) is 6.59. The highest BCUT2D eigenvalue weighted by Crippen LogP contribution is 2.39. The fourth-order valence-corrected chi connectivity index (χ4v) is 4.01. The molecule has 3 fully saturated rings. The summed E-state index contributed by atoms with van der Waals surface area (Å²) in [6.07, 6.45) is 2.58. The Morgan fingerprint density at radius 1 is 1.26 bits per heavy atom. The molecule has 1 aromatic carbocycles. The summed E-state index contributed by atoms with van der Waals surface area (Å²) in [4.78, 5) is 7.06. The van der Waals surface area contributed by atoms with Crippen molar-refractivity contribution in [3.8, 4) is 0 Å². The minimum absolute atomic E-state index is 0.488. The largest absolute Gasteiger partial charge is 0.369 e. The molecule has 3 saturated heterocycles. The maximum Gasteiger partial charge on any atom is 0.201 e. The lowest BCUT2D eigenvalue weighted by atomic mass is 9.84. The van der Waals surface area contributed by atoms with Crippen molar-refractivity contribution in [1.82, 2.24) is 14.5 Å². The molecule has 19 heavy (non-hydrogen) atoms. The number of imidazole rings is 1. The Kier molecular flexibility index (Phi) is 2.60. The first kappa shape index (κ1) is 11.7. The van der Waals surface area contributed by atoms with Crippen LogP contribution in [0.3, 0.4) is 0 Å². The lowest BCUT2D eigenvalue weighted by molar-refractivity contribution is 0.0598. The molecule has 0 aliphatic carbocycles. The van der Waals surface area contributed by atoms with Crippen LogP contribution in [-0.2, 0) is 0 Å². The summed E-state index contributed by atoms with van der Waals surface area (Å²) in [7, 11) is 0. The molecule has 0 saturated carbocycles. The smallest absolute Gasteiger partial charge is 0.201 e. The number of nitrogen functional groups attached to an aromatic ring is 1. The molecular weight excluding hydrogens is 304 g/mol. The van der Waals surface area contributed by atoms with Gasteiger partial charge in [-0.2, -0.15) is 0 Å². The zero-order valence-corrected chi connectivity index (χ0v) is 12.3. The van der Waals surface area contributed by atoms with Gasteiger partial charge in [0.1, 0.15) is 0 Å². The molecule has 1 aromatic heterocycles. The Balaban J connectivity index is 1.86. The average Bonchev–Trinajstić information content (AvgIpc) is 2.75. The molecule has 4 nitrogen and oxygen atoms in total. The maximum atomic E-state index is 6.18. The molecule has 0 spiro atoms. The summed E-state index contributed by atoms with van der Waals surface area (Å²) in [6, 6.07) is 6.68. The molecule has 2 aromatic rings. The molecule has 0 radical (unpaired) electrons. The number of hydrogen-bond donors (Lipinski definition) is 1. The number of hydrogen-bond acceptors (Lipinski definition) is 3. The van der Waals surface area contributed by atoms with Crippen molar-refractivity contribution in [2.45, 2.75) is 18.9 Å². The van der Waals surface area contributed by atoms with E-state index in [1.807, 2.05) is 12.1 Å². The number of fused-ring (bicyclic) bond motifs is 4. The zero-order chi connectivity index (χ0) is 13.0. The van der Waals surface area contributed by atoms with Gasteiger partial charge in [-0.1, -0.05) is 15.9 Å². The van der Waals surface area contributed by atoms with Crippen LogP contribution >= 0.6 is 15.9 Å². The van der Waals surface area contributed by atoms with E-state index in [0.717, 1.165) is 28.0 Å².